The lowest BCUT2D eigenvalue weighted by atomic mass is 9.92. The van der Waals surface area contributed by atoms with Crippen LogP contribution >= 0.6 is 0 Å². The van der Waals surface area contributed by atoms with Crippen molar-refractivity contribution >= 4 is 5.97 Å². The number of aliphatic carboxylic acids is 1. The molecule has 0 aliphatic carbocycles. The van der Waals surface area contributed by atoms with E-state index in [1.54, 1.807) is 19.1 Å². The maximum Gasteiger partial charge on any atom is 0.157 e. The van der Waals surface area contributed by atoms with Crippen LogP contribution in [0.25, 0.3) is 11.1 Å². The van der Waals surface area contributed by atoms with Crippen LogP contribution in [0, 0.1) is 0 Å². The Balaban J connectivity index is 2.35. The molecule has 2 rings (SSSR count). The molecule has 18 heavy (non-hydrogen) atoms. The fourth-order valence-electron chi connectivity index (χ4n) is 1.78. The Morgan fingerprint density at radius 1 is 1.00 bits per heavy atom. The third-order valence-corrected chi connectivity index (χ3v) is 3.08. The number of benzene rings is 2. The van der Waals surface area contributed by atoms with E-state index in [0.29, 0.717) is 5.56 Å². The number of quaternary nitrogens is 1. The highest BCUT2D eigenvalue weighted by Gasteiger charge is 2.26. The van der Waals surface area contributed by atoms with Crippen LogP contribution < -0.4 is 10.8 Å². The van der Waals surface area contributed by atoms with Crippen molar-refractivity contribution in [3.8, 4) is 11.1 Å². The van der Waals surface area contributed by atoms with Crippen molar-refractivity contribution in [1.29, 1.82) is 0 Å². The van der Waals surface area contributed by atoms with Crippen LogP contribution in [0.4, 0.5) is 0 Å². The molecule has 0 spiro atoms. The Morgan fingerprint density at radius 3 is 2.00 bits per heavy atom. The van der Waals surface area contributed by atoms with Crippen molar-refractivity contribution in [3.05, 3.63) is 60.2 Å². The zero-order chi connectivity index (χ0) is 13.2. The van der Waals surface area contributed by atoms with Crippen molar-refractivity contribution in [1.82, 2.24) is 0 Å². The molecule has 0 heterocycles. The Hall–Kier alpha value is -2.13. The van der Waals surface area contributed by atoms with E-state index >= 15 is 0 Å². The summed E-state index contributed by atoms with van der Waals surface area (Å²) in [5, 5.41) is 11.0. The van der Waals surface area contributed by atoms with Gasteiger partial charge in [-0.3, -0.25) is 0 Å². The number of rotatable bonds is 3. The van der Waals surface area contributed by atoms with Crippen molar-refractivity contribution in [2.75, 3.05) is 0 Å². The second kappa shape index (κ2) is 4.63. The molecule has 0 amide bonds. The molecule has 3 heteroatoms. The first kappa shape index (κ1) is 12.3. The summed E-state index contributed by atoms with van der Waals surface area (Å²) in [6.45, 7) is 1.54. The average molecular weight is 241 g/mol. The first-order valence-corrected chi connectivity index (χ1v) is 5.74. The molecule has 0 unspecified atom stereocenters. The maximum atomic E-state index is 11.0. The van der Waals surface area contributed by atoms with Gasteiger partial charge in [-0.1, -0.05) is 54.6 Å². The van der Waals surface area contributed by atoms with Gasteiger partial charge >= 0.3 is 0 Å². The minimum atomic E-state index is -1.21. The van der Waals surface area contributed by atoms with E-state index in [-0.39, 0.29) is 0 Å². The summed E-state index contributed by atoms with van der Waals surface area (Å²) in [5.41, 5.74) is 5.26. The summed E-state index contributed by atoms with van der Waals surface area (Å²) in [6, 6.07) is 17.3. The average Bonchev–Trinajstić information content (AvgIpc) is 2.40. The molecule has 0 radical (unpaired) electrons. The van der Waals surface area contributed by atoms with Crippen LogP contribution in [0.2, 0.25) is 0 Å². The lowest BCUT2D eigenvalue weighted by Gasteiger charge is -2.22. The van der Waals surface area contributed by atoms with Crippen LogP contribution in [-0.2, 0) is 10.3 Å². The smallest absolute Gasteiger partial charge is 0.157 e. The van der Waals surface area contributed by atoms with Crippen molar-refractivity contribution in [2.45, 2.75) is 12.5 Å². The Morgan fingerprint density at radius 2 is 1.50 bits per heavy atom. The molecule has 92 valence electrons. The largest absolute Gasteiger partial charge is 0.543 e. The number of carbonyl (C=O) groups is 1. The number of carboxylic acid groups (broad SMARTS) is 1. The minimum Gasteiger partial charge on any atom is -0.543 e. The topological polar surface area (TPSA) is 67.8 Å². The van der Waals surface area contributed by atoms with Gasteiger partial charge in [0.2, 0.25) is 0 Å². The summed E-state index contributed by atoms with van der Waals surface area (Å²) < 4.78 is 0. The Bertz CT molecular complexity index is 544. The number of hydrogen-bond acceptors (Lipinski definition) is 2. The third-order valence-electron chi connectivity index (χ3n) is 3.08. The molecular weight excluding hydrogens is 226 g/mol. The summed E-state index contributed by atoms with van der Waals surface area (Å²) in [7, 11) is 0. The fraction of sp³-hybridized carbons (Fsp3) is 0.133. The van der Waals surface area contributed by atoms with Gasteiger partial charge in [-0.05, 0) is 11.1 Å². The molecule has 3 N–H and O–H groups in total. The molecule has 0 aliphatic heterocycles. The van der Waals surface area contributed by atoms with Crippen LogP contribution in [0.3, 0.4) is 0 Å². The Kier molecular flexibility index (Phi) is 3.17. The lowest BCUT2D eigenvalue weighted by molar-refractivity contribution is -0.489. The molecule has 2 aromatic carbocycles. The number of hydrogen-bond donors (Lipinski definition) is 1. The Labute approximate surface area is 106 Å². The van der Waals surface area contributed by atoms with Gasteiger partial charge in [0, 0.05) is 12.5 Å². The predicted molar refractivity (Wildman–Crippen MR) is 67.1 cm³/mol. The van der Waals surface area contributed by atoms with Crippen LogP contribution in [-0.4, -0.2) is 5.97 Å². The molecule has 1 atom stereocenters. The highest BCUT2D eigenvalue weighted by Crippen LogP contribution is 2.22. The van der Waals surface area contributed by atoms with E-state index < -0.39 is 11.5 Å². The molecule has 0 fully saturated rings. The van der Waals surface area contributed by atoms with E-state index in [1.807, 2.05) is 42.5 Å². The SMILES string of the molecule is C[C@]([NH3+])(C(=O)[O-])c1ccc(-c2ccccc2)cc1. The molecule has 3 nitrogen and oxygen atoms in total. The zero-order valence-electron chi connectivity index (χ0n) is 10.2. The van der Waals surface area contributed by atoms with Crippen LogP contribution in [0.1, 0.15) is 12.5 Å². The quantitative estimate of drug-likeness (QED) is 0.853. The third kappa shape index (κ3) is 2.26. The molecule has 0 aliphatic rings. The first-order chi connectivity index (χ1) is 8.51. The van der Waals surface area contributed by atoms with Gasteiger partial charge < -0.3 is 15.6 Å². The van der Waals surface area contributed by atoms with Crippen LogP contribution in [0.5, 0.6) is 0 Å². The summed E-state index contributed by atoms with van der Waals surface area (Å²) >= 11 is 0. The van der Waals surface area contributed by atoms with Gasteiger partial charge in [0.1, 0.15) is 5.97 Å². The highest BCUT2D eigenvalue weighted by molar-refractivity contribution is 5.76. The number of carbonyl (C=O) groups excluding carboxylic acids is 1. The van der Waals surface area contributed by atoms with E-state index in [1.165, 1.54) is 0 Å². The van der Waals surface area contributed by atoms with Crippen molar-refractivity contribution in [2.24, 2.45) is 0 Å². The fourth-order valence-corrected chi connectivity index (χ4v) is 1.78. The van der Waals surface area contributed by atoms with Gasteiger partial charge in [-0.25, -0.2) is 0 Å². The molecule has 0 bridgehead atoms. The maximum absolute atomic E-state index is 11.0. The van der Waals surface area contributed by atoms with E-state index in [9.17, 15) is 9.90 Å². The molecule has 0 saturated carbocycles. The second-order valence-corrected chi connectivity index (χ2v) is 4.56. The normalized spacial score (nSPS) is 13.9. The van der Waals surface area contributed by atoms with Gasteiger partial charge in [0.05, 0.1) is 0 Å². The van der Waals surface area contributed by atoms with Gasteiger partial charge in [0.15, 0.2) is 5.54 Å². The van der Waals surface area contributed by atoms with Crippen LogP contribution in [0.15, 0.2) is 54.6 Å². The molecular formula is C15H15NO2. The zero-order valence-corrected chi connectivity index (χ0v) is 10.2. The highest BCUT2D eigenvalue weighted by atomic mass is 16.4. The van der Waals surface area contributed by atoms with E-state index in [0.717, 1.165) is 11.1 Å². The summed E-state index contributed by atoms with van der Waals surface area (Å²) in [6.07, 6.45) is 0. The minimum absolute atomic E-state index is 0.641. The van der Waals surface area contributed by atoms with Crippen molar-refractivity contribution in [3.63, 3.8) is 0 Å². The predicted octanol–water partition coefficient (Wildman–Crippen LogP) is 0.561. The standard InChI is InChI=1S/C15H15NO2/c1-15(16,14(17)18)13-9-7-12(8-10-13)11-5-3-2-4-6-11/h2-10H,16H2,1H3,(H,17,18)/t15-/m1/s1. The molecule has 0 aromatic heterocycles. The van der Waals surface area contributed by atoms with Crippen molar-refractivity contribution < 1.29 is 15.6 Å². The van der Waals surface area contributed by atoms with Gasteiger partial charge in [0.25, 0.3) is 0 Å². The summed E-state index contributed by atoms with van der Waals surface area (Å²) in [4.78, 5) is 11.0. The number of carboxylic acids is 1. The monoisotopic (exact) mass is 241 g/mol. The lowest BCUT2D eigenvalue weighted by Crippen LogP contribution is -2.75. The van der Waals surface area contributed by atoms with Gasteiger partial charge in [-0.15, -0.1) is 0 Å². The van der Waals surface area contributed by atoms with Gasteiger partial charge in [-0.2, -0.15) is 0 Å². The summed E-state index contributed by atoms with van der Waals surface area (Å²) in [5.74, 6) is -1.17. The molecule has 0 saturated heterocycles. The molecule has 2 aromatic rings. The van der Waals surface area contributed by atoms with E-state index in [4.69, 9.17) is 0 Å². The first-order valence-electron chi connectivity index (χ1n) is 5.74. The second-order valence-electron chi connectivity index (χ2n) is 4.56. The van der Waals surface area contributed by atoms with E-state index in [2.05, 4.69) is 5.73 Å².